The predicted octanol–water partition coefficient (Wildman–Crippen LogP) is 3.60. The van der Waals surface area contributed by atoms with Crippen LogP contribution in [0.5, 0.6) is 0 Å². The van der Waals surface area contributed by atoms with Crippen molar-refractivity contribution in [1.29, 1.82) is 0 Å². The summed E-state index contributed by atoms with van der Waals surface area (Å²) in [4.78, 5) is 16.6. The van der Waals surface area contributed by atoms with Crippen molar-refractivity contribution in [2.24, 2.45) is 10.8 Å². The summed E-state index contributed by atoms with van der Waals surface area (Å²) in [6.07, 6.45) is 4.04. The number of nitrogens with zero attached hydrogens (tertiary/aromatic N) is 3. The standard InChI is InChI=1S/C20H23ClN4O2S/c1-14(27-2)19(26)25-20(10-6-11-22,15-7-4-3-5-8-15)28-18(24-25)16-13-23-12-9-17(16)21/h3-5,7-9,12-14H,6,10-11,22H2,1-2H3/t14-,20?/m0/s1. The lowest BCUT2D eigenvalue weighted by Gasteiger charge is -2.36. The number of carbonyl (C=O) groups is 1. The Morgan fingerprint density at radius 3 is 2.75 bits per heavy atom. The Bertz CT molecular complexity index is 864. The van der Waals surface area contributed by atoms with Crippen LogP contribution in [0.1, 0.15) is 30.9 Å². The van der Waals surface area contributed by atoms with Crippen LogP contribution in [0, 0.1) is 0 Å². The van der Waals surface area contributed by atoms with Crippen LogP contribution < -0.4 is 5.73 Å². The normalized spacial score (nSPS) is 20.1. The number of hydrogen-bond donors (Lipinski definition) is 1. The second kappa shape index (κ2) is 9.05. The van der Waals surface area contributed by atoms with Gasteiger partial charge < -0.3 is 10.5 Å². The number of methoxy groups -OCH3 is 1. The number of halogens is 1. The van der Waals surface area contributed by atoms with E-state index in [0.29, 0.717) is 28.6 Å². The molecule has 0 spiro atoms. The van der Waals surface area contributed by atoms with Crippen molar-refractivity contribution in [3.8, 4) is 0 Å². The zero-order chi connectivity index (χ0) is 20.1. The first-order valence-corrected chi connectivity index (χ1v) is 10.2. The molecule has 0 fully saturated rings. The van der Waals surface area contributed by atoms with Crippen molar-refractivity contribution in [1.82, 2.24) is 9.99 Å². The molecule has 6 nitrogen and oxygen atoms in total. The third-order valence-electron chi connectivity index (χ3n) is 4.65. The van der Waals surface area contributed by atoms with Gasteiger partial charge in [-0.25, -0.2) is 5.01 Å². The summed E-state index contributed by atoms with van der Waals surface area (Å²) >= 11 is 7.88. The van der Waals surface area contributed by atoms with Gasteiger partial charge in [0.25, 0.3) is 5.91 Å². The van der Waals surface area contributed by atoms with Crippen LogP contribution in [0.3, 0.4) is 0 Å². The van der Waals surface area contributed by atoms with Crippen molar-refractivity contribution in [3.63, 3.8) is 0 Å². The van der Waals surface area contributed by atoms with Crippen LogP contribution in [0.15, 0.2) is 53.9 Å². The third-order valence-corrected chi connectivity index (χ3v) is 6.43. The lowest BCUT2D eigenvalue weighted by Crippen LogP contribution is -2.46. The first-order valence-electron chi connectivity index (χ1n) is 9.03. The van der Waals surface area contributed by atoms with Crippen molar-refractivity contribution in [2.45, 2.75) is 30.7 Å². The number of hydrogen-bond acceptors (Lipinski definition) is 6. The van der Waals surface area contributed by atoms with Crippen molar-refractivity contribution < 1.29 is 9.53 Å². The highest BCUT2D eigenvalue weighted by molar-refractivity contribution is 8.15. The first-order chi connectivity index (χ1) is 13.5. The molecular formula is C20H23ClN4O2S. The minimum absolute atomic E-state index is 0.217. The predicted molar refractivity (Wildman–Crippen MR) is 113 cm³/mol. The van der Waals surface area contributed by atoms with Gasteiger partial charge in [-0.3, -0.25) is 9.78 Å². The molecule has 1 amide bonds. The molecule has 0 bridgehead atoms. The number of pyridine rings is 1. The fraction of sp³-hybridized carbons (Fsp3) is 0.350. The molecule has 8 heteroatoms. The molecule has 0 aliphatic carbocycles. The molecule has 1 aromatic heterocycles. The number of nitrogens with two attached hydrogens (primary N) is 1. The van der Waals surface area contributed by atoms with E-state index in [9.17, 15) is 4.79 Å². The summed E-state index contributed by atoms with van der Waals surface area (Å²) in [5.41, 5.74) is 7.49. The van der Waals surface area contributed by atoms with E-state index < -0.39 is 11.0 Å². The second-order valence-corrected chi connectivity index (χ2v) is 8.11. The smallest absolute Gasteiger partial charge is 0.273 e. The fourth-order valence-corrected chi connectivity index (χ4v) is 4.75. The minimum Gasteiger partial charge on any atom is -0.372 e. The maximum Gasteiger partial charge on any atom is 0.273 e. The zero-order valence-corrected chi connectivity index (χ0v) is 17.4. The Labute approximate surface area is 174 Å². The van der Waals surface area contributed by atoms with Gasteiger partial charge in [0.2, 0.25) is 0 Å². The summed E-state index contributed by atoms with van der Waals surface area (Å²) in [6, 6.07) is 11.6. The molecule has 28 heavy (non-hydrogen) atoms. The summed E-state index contributed by atoms with van der Waals surface area (Å²) in [7, 11) is 1.51. The number of aromatic nitrogens is 1. The van der Waals surface area contributed by atoms with Crippen LogP contribution in [-0.4, -0.2) is 40.7 Å². The topological polar surface area (TPSA) is 80.8 Å². The highest BCUT2D eigenvalue weighted by Crippen LogP contribution is 2.51. The number of carbonyl (C=O) groups excluding carboxylic acids is 1. The maximum atomic E-state index is 13.2. The molecule has 2 heterocycles. The SMILES string of the molecule is CO[C@@H](C)C(=O)N1N=C(c2cnccc2Cl)SC1(CCCN)c1ccccc1. The Morgan fingerprint density at radius 2 is 2.11 bits per heavy atom. The molecule has 1 aliphatic heterocycles. The van der Waals surface area contributed by atoms with E-state index in [1.165, 1.54) is 23.9 Å². The van der Waals surface area contributed by atoms with E-state index in [2.05, 4.69) is 10.1 Å². The molecule has 1 unspecified atom stereocenters. The molecule has 3 rings (SSSR count). The Hall–Kier alpha value is -1.93. The van der Waals surface area contributed by atoms with Crippen LogP contribution in [0.4, 0.5) is 0 Å². The maximum absolute atomic E-state index is 13.2. The van der Waals surface area contributed by atoms with Gasteiger partial charge in [-0.15, -0.1) is 0 Å². The summed E-state index contributed by atoms with van der Waals surface area (Å²) in [5, 5.41) is 7.41. The third kappa shape index (κ3) is 3.93. The highest BCUT2D eigenvalue weighted by atomic mass is 35.5. The van der Waals surface area contributed by atoms with E-state index >= 15 is 0 Å². The molecular weight excluding hydrogens is 396 g/mol. The Morgan fingerprint density at radius 1 is 1.36 bits per heavy atom. The molecule has 0 radical (unpaired) electrons. The van der Waals surface area contributed by atoms with Crippen LogP contribution >= 0.6 is 23.4 Å². The van der Waals surface area contributed by atoms with Crippen LogP contribution in [-0.2, 0) is 14.4 Å². The quantitative estimate of drug-likeness (QED) is 0.742. The molecule has 2 N–H and O–H groups in total. The monoisotopic (exact) mass is 418 g/mol. The van der Waals surface area contributed by atoms with Crippen LogP contribution in [0.2, 0.25) is 5.02 Å². The number of benzene rings is 1. The van der Waals surface area contributed by atoms with Gasteiger partial charge in [0.15, 0.2) is 0 Å². The van der Waals surface area contributed by atoms with Crippen LogP contribution in [0.25, 0.3) is 0 Å². The van der Waals surface area contributed by atoms with Gasteiger partial charge in [0.05, 0.1) is 5.02 Å². The van der Waals surface area contributed by atoms with E-state index in [0.717, 1.165) is 12.0 Å². The zero-order valence-electron chi connectivity index (χ0n) is 15.8. The summed E-state index contributed by atoms with van der Waals surface area (Å²) < 4.78 is 5.29. The molecule has 148 valence electrons. The first kappa shape index (κ1) is 20.8. The minimum atomic E-state index is -0.723. The molecule has 0 saturated carbocycles. The van der Waals surface area contributed by atoms with Crippen molar-refractivity contribution in [2.75, 3.05) is 13.7 Å². The van der Waals surface area contributed by atoms with Crippen molar-refractivity contribution >= 4 is 34.3 Å². The van der Waals surface area contributed by atoms with E-state index in [-0.39, 0.29) is 5.91 Å². The number of rotatable bonds is 7. The number of ether oxygens (including phenoxy) is 1. The molecule has 1 aromatic carbocycles. The molecule has 0 saturated heterocycles. The second-order valence-electron chi connectivity index (χ2n) is 6.43. The van der Waals surface area contributed by atoms with E-state index in [1.807, 2.05) is 30.3 Å². The fourth-order valence-electron chi connectivity index (χ4n) is 3.06. The average molecular weight is 419 g/mol. The average Bonchev–Trinajstić information content (AvgIpc) is 3.12. The van der Waals surface area contributed by atoms with Gasteiger partial charge >= 0.3 is 0 Å². The largest absolute Gasteiger partial charge is 0.372 e. The van der Waals surface area contributed by atoms with E-state index in [4.69, 9.17) is 22.1 Å². The Kier molecular flexibility index (Phi) is 6.72. The van der Waals surface area contributed by atoms with E-state index in [1.54, 1.807) is 25.4 Å². The van der Waals surface area contributed by atoms with Gasteiger partial charge in [-0.1, -0.05) is 53.7 Å². The molecule has 2 aromatic rings. The lowest BCUT2D eigenvalue weighted by molar-refractivity contribution is -0.144. The highest BCUT2D eigenvalue weighted by Gasteiger charge is 2.49. The lowest BCUT2D eigenvalue weighted by atomic mass is 10.00. The van der Waals surface area contributed by atoms with Crippen molar-refractivity contribution in [3.05, 3.63) is 64.9 Å². The molecule has 2 atom stereocenters. The van der Waals surface area contributed by atoms with Gasteiger partial charge in [-0.2, -0.15) is 5.10 Å². The van der Waals surface area contributed by atoms with Gasteiger partial charge in [-0.05, 0) is 37.9 Å². The summed E-state index contributed by atoms with van der Waals surface area (Å²) in [5.74, 6) is -0.217. The van der Waals surface area contributed by atoms with Gasteiger partial charge in [0.1, 0.15) is 16.0 Å². The number of hydrazone groups is 1. The Balaban J connectivity index is 2.13. The molecule has 1 aliphatic rings. The van der Waals surface area contributed by atoms with Gasteiger partial charge in [0, 0.05) is 25.1 Å². The number of thioether (sulfide) groups is 1. The summed E-state index contributed by atoms with van der Waals surface area (Å²) in [6.45, 7) is 2.23. The number of amides is 1.